The Morgan fingerprint density at radius 2 is 1.76 bits per heavy atom. The lowest BCUT2D eigenvalue weighted by atomic mass is 10.3. The van der Waals surface area contributed by atoms with Gasteiger partial charge in [0.2, 0.25) is 10.0 Å². The minimum Gasteiger partial charge on any atom is -0.453 e. The molecule has 0 aliphatic rings. The monoisotopic (exact) mass is 258 g/mol. The van der Waals surface area contributed by atoms with Gasteiger partial charge in [0.1, 0.15) is 0 Å². The third kappa shape index (κ3) is 4.31. The van der Waals surface area contributed by atoms with Crippen molar-refractivity contribution >= 4 is 27.5 Å². The third-order valence-electron chi connectivity index (χ3n) is 1.97. The van der Waals surface area contributed by atoms with Crippen LogP contribution in [-0.4, -0.2) is 27.4 Å². The summed E-state index contributed by atoms with van der Waals surface area (Å²) >= 11 is 0. The lowest BCUT2D eigenvalue weighted by Crippen LogP contribution is -2.14. The van der Waals surface area contributed by atoms with E-state index in [9.17, 15) is 13.2 Å². The highest BCUT2D eigenvalue weighted by atomic mass is 32.2. The summed E-state index contributed by atoms with van der Waals surface area (Å²) in [7, 11) is -2.01. The standard InChI is InChI=1S/C10H14N2O4S/c1-3-17(14,15)12-9-6-4-8(5-7-9)11-10(13)16-2/h4-7,12H,3H2,1-2H3,(H,11,13). The number of hydrogen-bond acceptors (Lipinski definition) is 4. The molecule has 0 saturated carbocycles. The van der Waals surface area contributed by atoms with E-state index in [4.69, 9.17) is 0 Å². The smallest absolute Gasteiger partial charge is 0.411 e. The van der Waals surface area contributed by atoms with E-state index in [2.05, 4.69) is 14.8 Å². The Balaban J connectivity index is 2.72. The molecule has 0 spiro atoms. The predicted molar refractivity (Wildman–Crippen MR) is 65.6 cm³/mol. The first-order valence-corrected chi connectivity index (χ1v) is 6.57. The molecule has 17 heavy (non-hydrogen) atoms. The van der Waals surface area contributed by atoms with Crippen LogP contribution < -0.4 is 10.0 Å². The molecule has 0 aliphatic heterocycles. The van der Waals surface area contributed by atoms with Gasteiger partial charge in [-0.2, -0.15) is 0 Å². The quantitative estimate of drug-likeness (QED) is 0.859. The summed E-state index contributed by atoms with van der Waals surface area (Å²) < 4.78 is 29.4. The first-order chi connectivity index (χ1) is 7.96. The van der Waals surface area contributed by atoms with Crippen LogP contribution in [0.25, 0.3) is 0 Å². The first-order valence-electron chi connectivity index (χ1n) is 4.92. The molecule has 0 unspecified atom stereocenters. The Morgan fingerprint density at radius 1 is 1.24 bits per heavy atom. The summed E-state index contributed by atoms with van der Waals surface area (Å²) in [5, 5.41) is 2.46. The lowest BCUT2D eigenvalue weighted by Gasteiger charge is -2.07. The number of hydrogen-bond donors (Lipinski definition) is 2. The zero-order valence-corrected chi connectivity index (χ0v) is 10.4. The van der Waals surface area contributed by atoms with Gasteiger partial charge in [0.15, 0.2) is 0 Å². The van der Waals surface area contributed by atoms with Crippen molar-refractivity contribution in [2.75, 3.05) is 22.9 Å². The zero-order valence-electron chi connectivity index (χ0n) is 9.56. The van der Waals surface area contributed by atoms with E-state index in [1.54, 1.807) is 31.2 Å². The number of anilines is 2. The Kier molecular flexibility index (Phi) is 4.33. The van der Waals surface area contributed by atoms with E-state index >= 15 is 0 Å². The molecule has 0 fully saturated rings. The third-order valence-corrected chi connectivity index (χ3v) is 3.28. The molecule has 2 N–H and O–H groups in total. The second kappa shape index (κ2) is 5.53. The van der Waals surface area contributed by atoms with E-state index in [0.717, 1.165) is 0 Å². The van der Waals surface area contributed by atoms with Crippen molar-refractivity contribution in [3.63, 3.8) is 0 Å². The van der Waals surface area contributed by atoms with Crippen LogP contribution in [0.1, 0.15) is 6.92 Å². The topological polar surface area (TPSA) is 84.5 Å². The normalized spacial score (nSPS) is 10.7. The van der Waals surface area contributed by atoms with E-state index in [0.29, 0.717) is 11.4 Å². The van der Waals surface area contributed by atoms with Gasteiger partial charge in [0.05, 0.1) is 12.9 Å². The van der Waals surface area contributed by atoms with Crippen molar-refractivity contribution in [1.29, 1.82) is 0 Å². The van der Waals surface area contributed by atoms with Gasteiger partial charge in [0, 0.05) is 11.4 Å². The largest absolute Gasteiger partial charge is 0.453 e. The van der Waals surface area contributed by atoms with Crippen LogP contribution in [0.15, 0.2) is 24.3 Å². The van der Waals surface area contributed by atoms with Crippen molar-refractivity contribution in [1.82, 2.24) is 0 Å². The molecule has 0 saturated heterocycles. The molecule has 7 heteroatoms. The summed E-state index contributed by atoms with van der Waals surface area (Å²) in [6, 6.07) is 6.26. The Hall–Kier alpha value is -1.76. The van der Waals surface area contributed by atoms with Gasteiger partial charge in [-0.05, 0) is 31.2 Å². The summed E-state index contributed by atoms with van der Waals surface area (Å²) in [6.07, 6.45) is -0.577. The summed E-state index contributed by atoms with van der Waals surface area (Å²) in [5.74, 6) is 0.00909. The fourth-order valence-corrected chi connectivity index (χ4v) is 1.68. The van der Waals surface area contributed by atoms with E-state index in [-0.39, 0.29) is 5.75 Å². The average molecular weight is 258 g/mol. The summed E-state index contributed by atoms with van der Waals surface area (Å²) in [6.45, 7) is 1.55. The van der Waals surface area contributed by atoms with Crippen molar-refractivity contribution in [2.24, 2.45) is 0 Å². The molecule has 0 radical (unpaired) electrons. The number of nitrogens with one attached hydrogen (secondary N) is 2. The van der Waals surface area contributed by atoms with Crippen LogP contribution in [0, 0.1) is 0 Å². The fraction of sp³-hybridized carbons (Fsp3) is 0.300. The predicted octanol–water partition coefficient (Wildman–Crippen LogP) is 1.63. The van der Waals surface area contributed by atoms with E-state index in [1.165, 1.54) is 7.11 Å². The summed E-state index contributed by atoms with van der Waals surface area (Å²) in [5.41, 5.74) is 0.971. The van der Waals surface area contributed by atoms with E-state index < -0.39 is 16.1 Å². The van der Waals surface area contributed by atoms with Crippen LogP contribution in [0.2, 0.25) is 0 Å². The molecule has 0 aliphatic carbocycles. The number of methoxy groups -OCH3 is 1. The molecule has 1 rings (SSSR count). The van der Waals surface area contributed by atoms with Crippen LogP contribution in [0.3, 0.4) is 0 Å². The minimum absolute atomic E-state index is 0.00909. The fourth-order valence-electron chi connectivity index (χ4n) is 1.04. The van der Waals surface area contributed by atoms with Gasteiger partial charge in [-0.1, -0.05) is 0 Å². The highest BCUT2D eigenvalue weighted by molar-refractivity contribution is 7.92. The van der Waals surface area contributed by atoms with Gasteiger partial charge in [0.25, 0.3) is 0 Å². The van der Waals surface area contributed by atoms with Crippen LogP contribution in [0.4, 0.5) is 16.2 Å². The molecule has 1 aromatic rings. The molecule has 1 aromatic carbocycles. The SMILES string of the molecule is CCS(=O)(=O)Nc1ccc(NC(=O)OC)cc1. The molecule has 94 valence electrons. The molecule has 0 bridgehead atoms. The number of benzene rings is 1. The number of amides is 1. The van der Waals surface area contributed by atoms with Gasteiger partial charge < -0.3 is 4.74 Å². The average Bonchev–Trinajstić information content (AvgIpc) is 2.31. The number of rotatable bonds is 4. The molecule has 6 nitrogen and oxygen atoms in total. The Labute approximate surface area is 100 Å². The van der Waals surface area contributed by atoms with Crippen molar-refractivity contribution in [3.8, 4) is 0 Å². The summed E-state index contributed by atoms with van der Waals surface area (Å²) in [4.78, 5) is 10.9. The van der Waals surface area contributed by atoms with Gasteiger partial charge in [-0.15, -0.1) is 0 Å². The maximum atomic E-state index is 11.3. The maximum absolute atomic E-state index is 11.3. The van der Waals surface area contributed by atoms with Gasteiger partial charge in [-0.3, -0.25) is 10.0 Å². The molecule has 0 atom stereocenters. The van der Waals surface area contributed by atoms with Gasteiger partial charge in [-0.25, -0.2) is 13.2 Å². The number of ether oxygens (including phenoxy) is 1. The Bertz CT molecular complexity index is 482. The maximum Gasteiger partial charge on any atom is 0.411 e. The van der Waals surface area contributed by atoms with Crippen molar-refractivity contribution in [3.05, 3.63) is 24.3 Å². The molecule has 1 amide bonds. The van der Waals surface area contributed by atoms with Crippen LogP contribution >= 0.6 is 0 Å². The van der Waals surface area contributed by atoms with Crippen molar-refractivity contribution in [2.45, 2.75) is 6.92 Å². The molecule has 0 heterocycles. The number of sulfonamides is 1. The second-order valence-corrected chi connectivity index (χ2v) is 5.21. The highest BCUT2D eigenvalue weighted by Gasteiger charge is 2.06. The highest BCUT2D eigenvalue weighted by Crippen LogP contribution is 2.14. The van der Waals surface area contributed by atoms with Crippen molar-refractivity contribution < 1.29 is 17.9 Å². The lowest BCUT2D eigenvalue weighted by molar-refractivity contribution is 0.187. The van der Waals surface area contributed by atoms with Crippen LogP contribution in [0.5, 0.6) is 0 Å². The Morgan fingerprint density at radius 3 is 2.24 bits per heavy atom. The number of carbonyl (C=O) groups excluding carboxylic acids is 1. The van der Waals surface area contributed by atoms with Gasteiger partial charge >= 0.3 is 6.09 Å². The second-order valence-electron chi connectivity index (χ2n) is 3.20. The zero-order chi connectivity index (χ0) is 12.9. The minimum atomic E-state index is -3.28. The molecular formula is C10H14N2O4S. The molecular weight excluding hydrogens is 244 g/mol. The van der Waals surface area contributed by atoms with Crippen LogP contribution in [-0.2, 0) is 14.8 Å². The molecule has 0 aromatic heterocycles. The van der Waals surface area contributed by atoms with E-state index in [1.807, 2.05) is 0 Å². The first kappa shape index (κ1) is 13.3. The number of carbonyl (C=O) groups is 1.